The van der Waals surface area contributed by atoms with Gasteiger partial charge in [-0.1, -0.05) is 29.8 Å². The Morgan fingerprint density at radius 1 is 1.15 bits per heavy atom. The van der Waals surface area contributed by atoms with E-state index in [0.29, 0.717) is 33.2 Å². The first-order valence-corrected chi connectivity index (χ1v) is 8.58. The first-order valence-electron chi connectivity index (χ1n) is 8.20. The highest BCUT2D eigenvalue weighted by Crippen LogP contribution is 2.30. The highest BCUT2D eigenvalue weighted by atomic mass is 35.5. The van der Waals surface area contributed by atoms with Gasteiger partial charge in [0.05, 0.1) is 10.9 Å². The fourth-order valence-electron chi connectivity index (χ4n) is 2.87. The summed E-state index contributed by atoms with van der Waals surface area (Å²) >= 11 is 6.28. The molecular weight excluding hydrogens is 364 g/mol. The third-order valence-electron chi connectivity index (χ3n) is 4.12. The van der Waals surface area contributed by atoms with Crippen LogP contribution < -0.4 is 16.7 Å². The Bertz CT molecular complexity index is 1200. The number of nitrogen functional groups attached to an aromatic ring is 1. The van der Waals surface area contributed by atoms with Crippen LogP contribution in [0.4, 0.5) is 17.3 Å². The molecule has 0 radical (unpaired) electrons. The van der Waals surface area contributed by atoms with Crippen LogP contribution in [0.1, 0.15) is 5.56 Å². The average Bonchev–Trinajstić information content (AvgIpc) is 2.62. The zero-order valence-corrected chi connectivity index (χ0v) is 15.1. The fourth-order valence-corrected chi connectivity index (χ4v) is 3.19. The van der Waals surface area contributed by atoms with Crippen molar-refractivity contribution in [2.45, 2.75) is 6.92 Å². The Hall–Kier alpha value is -3.38. The number of benzene rings is 2. The van der Waals surface area contributed by atoms with Gasteiger partial charge < -0.3 is 15.5 Å². The summed E-state index contributed by atoms with van der Waals surface area (Å²) in [4.78, 5) is 21.1. The third kappa shape index (κ3) is 3.35. The molecule has 0 saturated heterocycles. The molecule has 0 bridgehead atoms. The number of nitrogens with one attached hydrogen (secondary N) is 1. The normalized spacial score (nSPS) is 10.9. The second kappa shape index (κ2) is 6.74. The van der Waals surface area contributed by atoms with Gasteiger partial charge in [0.15, 0.2) is 0 Å². The van der Waals surface area contributed by atoms with Crippen molar-refractivity contribution < 1.29 is 4.42 Å². The van der Waals surface area contributed by atoms with Gasteiger partial charge in [-0.2, -0.15) is 4.98 Å². The van der Waals surface area contributed by atoms with Crippen molar-refractivity contribution in [3.63, 3.8) is 0 Å². The number of fused-ring (bicyclic) bond motifs is 1. The molecule has 4 rings (SSSR count). The van der Waals surface area contributed by atoms with Gasteiger partial charge in [-0.15, -0.1) is 0 Å². The van der Waals surface area contributed by atoms with Crippen molar-refractivity contribution in [1.29, 1.82) is 0 Å². The maximum atomic E-state index is 12.5. The van der Waals surface area contributed by atoms with Gasteiger partial charge in [0.2, 0.25) is 11.7 Å². The monoisotopic (exact) mass is 378 g/mol. The second-order valence-electron chi connectivity index (χ2n) is 6.08. The van der Waals surface area contributed by atoms with Gasteiger partial charge in [0.25, 0.3) is 0 Å². The van der Waals surface area contributed by atoms with E-state index < -0.39 is 5.63 Å². The molecule has 134 valence electrons. The van der Waals surface area contributed by atoms with Gasteiger partial charge in [-0.25, -0.2) is 9.78 Å². The SMILES string of the molecule is Cc1cccc(Cl)c1-c1cc2cnc(Nc3cccc(N)c3)nc2oc1=O. The maximum absolute atomic E-state index is 12.5. The van der Waals surface area contributed by atoms with Gasteiger partial charge in [-0.05, 0) is 42.8 Å². The first-order chi connectivity index (χ1) is 13.0. The molecule has 0 spiro atoms. The summed E-state index contributed by atoms with van der Waals surface area (Å²) in [5, 5.41) is 4.12. The molecule has 0 unspecified atom stereocenters. The number of nitrogens with two attached hydrogens (primary N) is 1. The summed E-state index contributed by atoms with van der Waals surface area (Å²) in [6.07, 6.45) is 1.59. The number of halogens is 1. The highest BCUT2D eigenvalue weighted by Gasteiger charge is 2.14. The number of hydrogen-bond acceptors (Lipinski definition) is 6. The summed E-state index contributed by atoms with van der Waals surface area (Å²) in [6.45, 7) is 1.89. The lowest BCUT2D eigenvalue weighted by atomic mass is 10.0. The minimum atomic E-state index is -0.507. The lowest BCUT2D eigenvalue weighted by molar-refractivity contribution is 0.551. The van der Waals surface area contributed by atoms with E-state index in [9.17, 15) is 4.79 Å². The molecule has 0 aliphatic carbocycles. The Morgan fingerprint density at radius 3 is 2.74 bits per heavy atom. The van der Waals surface area contributed by atoms with Crippen LogP contribution in [0.3, 0.4) is 0 Å². The van der Waals surface area contributed by atoms with Crippen LogP contribution in [0.25, 0.3) is 22.2 Å². The molecule has 0 saturated carbocycles. The second-order valence-corrected chi connectivity index (χ2v) is 6.49. The van der Waals surface area contributed by atoms with Crippen LogP contribution in [-0.4, -0.2) is 9.97 Å². The molecule has 27 heavy (non-hydrogen) atoms. The summed E-state index contributed by atoms with van der Waals surface area (Å²) in [5.41, 5.74) is 8.72. The third-order valence-corrected chi connectivity index (χ3v) is 4.44. The van der Waals surface area contributed by atoms with E-state index in [0.717, 1.165) is 11.3 Å². The molecule has 0 aliphatic rings. The summed E-state index contributed by atoms with van der Waals surface area (Å²) < 4.78 is 5.43. The molecule has 7 heteroatoms. The number of nitrogens with zero attached hydrogens (tertiary/aromatic N) is 2. The van der Waals surface area contributed by atoms with E-state index >= 15 is 0 Å². The van der Waals surface area contributed by atoms with Gasteiger partial charge in [0, 0.05) is 28.2 Å². The molecule has 3 N–H and O–H groups in total. The Morgan fingerprint density at radius 2 is 1.96 bits per heavy atom. The van der Waals surface area contributed by atoms with E-state index in [4.69, 9.17) is 21.8 Å². The summed E-state index contributed by atoms with van der Waals surface area (Å²) in [5.74, 6) is 0.304. The van der Waals surface area contributed by atoms with Crippen molar-refractivity contribution >= 4 is 40.0 Å². The van der Waals surface area contributed by atoms with Crippen LogP contribution in [0.2, 0.25) is 5.02 Å². The van der Waals surface area contributed by atoms with Gasteiger partial charge >= 0.3 is 5.63 Å². The number of hydrogen-bond donors (Lipinski definition) is 2. The molecule has 0 amide bonds. The van der Waals surface area contributed by atoms with Crippen molar-refractivity contribution in [1.82, 2.24) is 9.97 Å². The number of anilines is 3. The van der Waals surface area contributed by atoms with E-state index in [-0.39, 0.29) is 5.71 Å². The van der Waals surface area contributed by atoms with Crippen LogP contribution in [-0.2, 0) is 0 Å². The minimum absolute atomic E-state index is 0.190. The Balaban J connectivity index is 1.77. The van der Waals surface area contributed by atoms with Crippen LogP contribution in [0, 0.1) is 6.92 Å². The lowest BCUT2D eigenvalue weighted by Crippen LogP contribution is -2.06. The first kappa shape index (κ1) is 17.1. The van der Waals surface area contributed by atoms with Crippen LogP contribution in [0.5, 0.6) is 0 Å². The molecule has 2 heterocycles. The maximum Gasteiger partial charge on any atom is 0.345 e. The lowest BCUT2D eigenvalue weighted by Gasteiger charge is -2.09. The number of rotatable bonds is 3. The van der Waals surface area contributed by atoms with E-state index in [1.807, 2.05) is 31.2 Å². The largest absolute Gasteiger partial charge is 0.403 e. The molecule has 0 atom stereocenters. The smallest absolute Gasteiger partial charge is 0.345 e. The molecule has 2 aromatic carbocycles. The van der Waals surface area contributed by atoms with Crippen LogP contribution >= 0.6 is 11.6 Å². The zero-order chi connectivity index (χ0) is 19.0. The minimum Gasteiger partial charge on any atom is -0.403 e. The molecule has 0 fully saturated rings. The zero-order valence-electron chi connectivity index (χ0n) is 14.4. The fraction of sp³-hybridized carbons (Fsp3) is 0.0500. The number of aromatic nitrogens is 2. The van der Waals surface area contributed by atoms with Crippen molar-refractivity contribution in [2.24, 2.45) is 0 Å². The van der Waals surface area contributed by atoms with E-state index in [2.05, 4.69) is 15.3 Å². The predicted molar refractivity (Wildman–Crippen MR) is 107 cm³/mol. The van der Waals surface area contributed by atoms with Crippen molar-refractivity contribution in [2.75, 3.05) is 11.1 Å². The number of aryl methyl sites for hydroxylation is 1. The quantitative estimate of drug-likeness (QED) is 0.508. The summed E-state index contributed by atoms with van der Waals surface area (Å²) in [6, 6.07) is 14.3. The standard InChI is InChI=1S/C20H15ClN4O2/c1-11-4-2-7-16(21)17(11)15-8-12-10-23-20(25-18(12)27-19(15)26)24-14-6-3-5-13(22)9-14/h2-10H,22H2,1H3,(H,23,24,25). The average molecular weight is 379 g/mol. The van der Waals surface area contributed by atoms with Crippen molar-refractivity contribution in [3.05, 3.63) is 75.7 Å². The topological polar surface area (TPSA) is 94.0 Å². The molecule has 0 aliphatic heterocycles. The molecule has 6 nitrogen and oxygen atoms in total. The van der Waals surface area contributed by atoms with Gasteiger partial charge in [0.1, 0.15) is 0 Å². The van der Waals surface area contributed by atoms with Crippen molar-refractivity contribution in [3.8, 4) is 11.1 Å². The van der Waals surface area contributed by atoms with E-state index in [1.54, 1.807) is 30.5 Å². The van der Waals surface area contributed by atoms with E-state index in [1.165, 1.54) is 0 Å². The molecule has 4 aromatic rings. The highest BCUT2D eigenvalue weighted by molar-refractivity contribution is 6.33. The molecular formula is C20H15ClN4O2. The molecule has 2 aromatic heterocycles. The van der Waals surface area contributed by atoms with Gasteiger partial charge in [-0.3, -0.25) is 0 Å². The Labute approximate surface area is 159 Å². The Kier molecular flexibility index (Phi) is 4.25. The predicted octanol–water partition coefficient (Wildman–Crippen LogP) is 4.54. The van der Waals surface area contributed by atoms with Crippen LogP contribution in [0.15, 0.2) is 63.9 Å². The summed E-state index contributed by atoms with van der Waals surface area (Å²) in [7, 11) is 0.